The van der Waals surface area contributed by atoms with Crippen LogP contribution < -0.4 is 5.73 Å². The van der Waals surface area contributed by atoms with E-state index in [1.54, 1.807) is 0 Å². The van der Waals surface area contributed by atoms with Crippen molar-refractivity contribution in [1.82, 2.24) is 0 Å². The van der Waals surface area contributed by atoms with Gasteiger partial charge in [-0.2, -0.15) is 0 Å². The Hall–Kier alpha value is -0.300. The Morgan fingerprint density at radius 2 is 2.09 bits per heavy atom. The Morgan fingerprint density at radius 3 is 2.64 bits per heavy atom. The molecule has 1 heteroatoms. The van der Waals surface area contributed by atoms with Crippen molar-refractivity contribution in [3.05, 3.63) is 12.2 Å². The Morgan fingerprint density at radius 1 is 1.36 bits per heavy atom. The summed E-state index contributed by atoms with van der Waals surface area (Å²) in [5, 5.41) is 0. The van der Waals surface area contributed by atoms with Gasteiger partial charge in [0, 0.05) is 6.04 Å². The average Bonchev–Trinajstić information content (AvgIpc) is 2.01. The minimum absolute atomic E-state index is 0.422. The molecule has 0 bridgehead atoms. The summed E-state index contributed by atoms with van der Waals surface area (Å²) in [5.74, 6) is 0. The van der Waals surface area contributed by atoms with Crippen LogP contribution in [0.4, 0.5) is 0 Å². The molecule has 0 aromatic rings. The predicted molar refractivity (Wildman–Crippen MR) is 51.5 cm³/mol. The standard InChI is InChI=1S/C10H21N/c1-3-5-7-9-10(11)8-6-4-2/h3,5,10H,4,6-9,11H2,1-2H3. The normalized spacial score (nSPS) is 14.1. The molecule has 66 valence electrons. The highest BCUT2D eigenvalue weighted by atomic mass is 14.6. The minimum Gasteiger partial charge on any atom is -0.328 e. The second-order valence-corrected chi connectivity index (χ2v) is 3.05. The van der Waals surface area contributed by atoms with Gasteiger partial charge in [-0.05, 0) is 26.2 Å². The Kier molecular flexibility index (Phi) is 7.59. The largest absolute Gasteiger partial charge is 0.328 e. The molecule has 0 amide bonds. The molecule has 0 fully saturated rings. The minimum atomic E-state index is 0.422. The first-order valence-corrected chi connectivity index (χ1v) is 4.68. The van der Waals surface area contributed by atoms with E-state index in [0.717, 1.165) is 12.8 Å². The van der Waals surface area contributed by atoms with Crippen LogP contribution in [-0.4, -0.2) is 6.04 Å². The summed E-state index contributed by atoms with van der Waals surface area (Å²) in [4.78, 5) is 0. The van der Waals surface area contributed by atoms with E-state index in [1.165, 1.54) is 19.3 Å². The molecule has 0 aromatic heterocycles. The zero-order valence-corrected chi connectivity index (χ0v) is 7.84. The van der Waals surface area contributed by atoms with Gasteiger partial charge in [0.25, 0.3) is 0 Å². The zero-order chi connectivity index (χ0) is 8.53. The van der Waals surface area contributed by atoms with E-state index in [4.69, 9.17) is 5.73 Å². The van der Waals surface area contributed by atoms with Gasteiger partial charge in [-0.1, -0.05) is 31.9 Å². The molecule has 0 rings (SSSR count). The zero-order valence-electron chi connectivity index (χ0n) is 7.84. The number of unbranched alkanes of at least 4 members (excludes halogenated alkanes) is 1. The summed E-state index contributed by atoms with van der Waals surface area (Å²) in [6, 6.07) is 0.422. The molecule has 0 aliphatic carbocycles. The smallest absolute Gasteiger partial charge is 0.00417 e. The molecular formula is C10H21N. The maximum absolute atomic E-state index is 5.87. The van der Waals surface area contributed by atoms with Gasteiger partial charge in [0.1, 0.15) is 0 Å². The number of hydrogen-bond acceptors (Lipinski definition) is 1. The van der Waals surface area contributed by atoms with E-state index in [1.807, 2.05) is 0 Å². The fourth-order valence-corrected chi connectivity index (χ4v) is 1.09. The Labute approximate surface area is 70.7 Å². The van der Waals surface area contributed by atoms with Gasteiger partial charge in [-0.15, -0.1) is 0 Å². The molecule has 0 radical (unpaired) electrons. The number of allylic oxidation sites excluding steroid dienone is 2. The molecule has 11 heavy (non-hydrogen) atoms. The van der Waals surface area contributed by atoms with Crippen LogP contribution in [0.3, 0.4) is 0 Å². The van der Waals surface area contributed by atoms with Crippen LogP contribution >= 0.6 is 0 Å². The maximum Gasteiger partial charge on any atom is 0.00417 e. The maximum atomic E-state index is 5.87. The predicted octanol–water partition coefficient (Wildman–Crippen LogP) is 2.86. The van der Waals surface area contributed by atoms with E-state index < -0.39 is 0 Å². The summed E-state index contributed by atoms with van der Waals surface area (Å²) in [6.07, 6.45) is 10.3. The highest BCUT2D eigenvalue weighted by Crippen LogP contribution is 2.04. The van der Waals surface area contributed by atoms with Crippen molar-refractivity contribution in [2.75, 3.05) is 0 Å². The summed E-state index contributed by atoms with van der Waals surface area (Å²) in [5.41, 5.74) is 5.87. The van der Waals surface area contributed by atoms with Crippen LogP contribution in [-0.2, 0) is 0 Å². The third kappa shape index (κ3) is 7.60. The van der Waals surface area contributed by atoms with Gasteiger partial charge in [-0.3, -0.25) is 0 Å². The molecule has 0 saturated carbocycles. The van der Waals surface area contributed by atoms with E-state index in [2.05, 4.69) is 26.0 Å². The lowest BCUT2D eigenvalue weighted by atomic mass is 10.1. The van der Waals surface area contributed by atoms with Crippen molar-refractivity contribution < 1.29 is 0 Å². The third-order valence-electron chi connectivity index (χ3n) is 1.87. The second-order valence-electron chi connectivity index (χ2n) is 3.05. The van der Waals surface area contributed by atoms with Gasteiger partial charge in [-0.25, -0.2) is 0 Å². The van der Waals surface area contributed by atoms with Crippen molar-refractivity contribution >= 4 is 0 Å². The van der Waals surface area contributed by atoms with Gasteiger partial charge >= 0.3 is 0 Å². The topological polar surface area (TPSA) is 26.0 Å². The molecule has 0 spiro atoms. The Bertz CT molecular complexity index is 97.0. The summed E-state index contributed by atoms with van der Waals surface area (Å²) in [7, 11) is 0. The van der Waals surface area contributed by atoms with Gasteiger partial charge in [0.15, 0.2) is 0 Å². The monoisotopic (exact) mass is 155 g/mol. The van der Waals surface area contributed by atoms with Crippen LogP contribution in [0, 0.1) is 0 Å². The van der Waals surface area contributed by atoms with E-state index >= 15 is 0 Å². The number of nitrogens with two attached hydrogens (primary N) is 1. The van der Waals surface area contributed by atoms with Crippen molar-refractivity contribution in [3.8, 4) is 0 Å². The Balaban J connectivity index is 3.15. The fraction of sp³-hybridized carbons (Fsp3) is 0.800. The van der Waals surface area contributed by atoms with Crippen LogP contribution in [0.5, 0.6) is 0 Å². The van der Waals surface area contributed by atoms with Gasteiger partial charge < -0.3 is 5.73 Å². The number of hydrogen-bond donors (Lipinski definition) is 1. The first-order valence-electron chi connectivity index (χ1n) is 4.68. The van der Waals surface area contributed by atoms with Crippen molar-refractivity contribution in [1.29, 1.82) is 0 Å². The van der Waals surface area contributed by atoms with Crippen molar-refractivity contribution in [2.45, 2.75) is 52.0 Å². The van der Waals surface area contributed by atoms with Crippen LogP contribution in [0.15, 0.2) is 12.2 Å². The molecule has 0 aliphatic heterocycles. The van der Waals surface area contributed by atoms with Crippen molar-refractivity contribution in [3.63, 3.8) is 0 Å². The molecule has 1 atom stereocenters. The molecular weight excluding hydrogens is 134 g/mol. The average molecular weight is 155 g/mol. The number of rotatable bonds is 6. The van der Waals surface area contributed by atoms with Gasteiger partial charge in [0.05, 0.1) is 0 Å². The SMILES string of the molecule is CC=CCCC(N)CCCC. The third-order valence-corrected chi connectivity index (χ3v) is 1.87. The van der Waals surface area contributed by atoms with E-state index in [0.29, 0.717) is 6.04 Å². The lowest BCUT2D eigenvalue weighted by molar-refractivity contribution is 0.545. The first-order chi connectivity index (χ1) is 5.31. The molecule has 0 saturated heterocycles. The van der Waals surface area contributed by atoms with Crippen LogP contribution in [0.2, 0.25) is 0 Å². The first kappa shape index (κ1) is 10.7. The summed E-state index contributed by atoms with van der Waals surface area (Å²) in [6.45, 7) is 4.26. The molecule has 1 unspecified atom stereocenters. The molecule has 0 aliphatic rings. The van der Waals surface area contributed by atoms with Crippen molar-refractivity contribution in [2.24, 2.45) is 5.73 Å². The van der Waals surface area contributed by atoms with E-state index in [-0.39, 0.29) is 0 Å². The van der Waals surface area contributed by atoms with Crippen LogP contribution in [0.25, 0.3) is 0 Å². The van der Waals surface area contributed by atoms with Gasteiger partial charge in [0.2, 0.25) is 0 Å². The van der Waals surface area contributed by atoms with Crippen LogP contribution in [0.1, 0.15) is 46.0 Å². The lowest BCUT2D eigenvalue weighted by Gasteiger charge is -2.08. The summed E-state index contributed by atoms with van der Waals surface area (Å²) >= 11 is 0. The fourth-order valence-electron chi connectivity index (χ4n) is 1.09. The molecule has 0 aromatic carbocycles. The molecule has 2 N–H and O–H groups in total. The molecule has 1 nitrogen and oxygen atoms in total. The summed E-state index contributed by atoms with van der Waals surface area (Å²) < 4.78 is 0. The highest BCUT2D eigenvalue weighted by Gasteiger charge is 1.98. The quantitative estimate of drug-likeness (QED) is 0.586. The second kappa shape index (κ2) is 7.80. The lowest BCUT2D eigenvalue weighted by Crippen LogP contribution is -2.18. The molecule has 0 heterocycles. The highest BCUT2D eigenvalue weighted by molar-refractivity contribution is 4.78. The van der Waals surface area contributed by atoms with E-state index in [9.17, 15) is 0 Å².